The standard InChI is InChI=1S/C11H23NO2/c1-8(2)6-12(5)7-10(9(3)4)11(13)14/h8-10H,6-7H2,1-5H3,(H,13,14). The highest BCUT2D eigenvalue weighted by molar-refractivity contribution is 5.70. The SMILES string of the molecule is CC(C)CN(C)CC(C(=O)O)C(C)C. The molecule has 0 bridgehead atoms. The second-order valence-electron chi connectivity index (χ2n) is 4.80. The molecule has 0 radical (unpaired) electrons. The Hall–Kier alpha value is -0.570. The molecule has 3 nitrogen and oxygen atoms in total. The molecule has 0 aromatic carbocycles. The quantitative estimate of drug-likeness (QED) is 0.714. The number of hydrogen-bond donors (Lipinski definition) is 1. The zero-order chi connectivity index (χ0) is 11.3. The normalized spacial score (nSPS) is 14.0. The van der Waals surface area contributed by atoms with Gasteiger partial charge in [0.1, 0.15) is 0 Å². The average Bonchev–Trinajstić information content (AvgIpc) is 1.97. The molecule has 1 N–H and O–H groups in total. The Balaban J connectivity index is 4.10. The van der Waals surface area contributed by atoms with Gasteiger partial charge < -0.3 is 10.0 Å². The minimum absolute atomic E-state index is 0.196. The van der Waals surface area contributed by atoms with Gasteiger partial charge in [-0.3, -0.25) is 4.79 Å². The molecule has 0 saturated heterocycles. The van der Waals surface area contributed by atoms with Gasteiger partial charge in [-0.1, -0.05) is 27.7 Å². The van der Waals surface area contributed by atoms with Crippen molar-refractivity contribution in [1.82, 2.24) is 4.90 Å². The van der Waals surface area contributed by atoms with Gasteiger partial charge in [-0.15, -0.1) is 0 Å². The summed E-state index contributed by atoms with van der Waals surface area (Å²) in [6, 6.07) is 0. The molecular formula is C11H23NO2. The van der Waals surface area contributed by atoms with E-state index in [9.17, 15) is 4.79 Å². The minimum atomic E-state index is -0.685. The van der Waals surface area contributed by atoms with E-state index in [0.717, 1.165) is 6.54 Å². The summed E-state index contributed by atoms with van der Waals surface area (Å²) in [5.74, 6) is -0.155. The van der Waals surface area contributed by atoms with Crippen LogP contribution in [-0.2, 0) is 4.79 Å². The van der Waals surface area contributed by atoms with Gasteiger partial charge in [0.2, 0.25) is 0 Å². The third kappa shape index (κ3) is 5.22. The van der Waals surface area contributed by atoms with E-state index in [1.807, 2.05) is 20.9 Å². The van der Waals surface area contributed by atoms with Gasteiger partial charge in [0, 0.05) is 13.1 Å². The molecule has 0 aliphatic rings. The van der Waals surface area contributed by atoms with Gasteiger partial charge in [-0.25, -0.2) is 0 Å². The molecule has 84 valence electrons. The Bertz CT molecular complexity index is 178. The molecule has 0 fully saturated rings. The van der Waals surface area contributed by atoms with Crippen molar-refractivity contribution in [2.45, 2.75) is 27.7 Å². The van der Waals surface area contributed by atoms with Gasteiger partial charge in [0.25, 0.3) is 0 Å². The van der Waals surface area contributed by atoms with E-state index in [4.69, 9.17) is 5.11 Å². The van der Waals surface area contributed by atoms with Crippen LogP contribution in [0.25, 0.3) is 0 Å². The lowest BCUT2D eigenvalue weighted by molar-refractivity contribution is -0.143. The molecule has 0 aliphatic heterocycles. The van der Waals surface area contributed by atoms with E-state index in [-0.39, 0.29) is 11.8 Å². The van der Waals surface area contributed by atoms with Crippen molar-refractivity contribution in [3.8, 4) is 0 Å². The van der Waals surface area contributed by atoms with Crippen LogP contribution in [-0.4, -0.2) is 36.1 Å². The van der Waals surface area contributed by atoms with Crippen LogP contribution < -0.4 is 0 Å². The third-order valence-electron chi connectivity index (χ3n) is 2.31. The maximum atomic E-state index is 10.9. The lowest BCUT2D eigenvalue weighted by atomic mass is 9.95. The van der Waals surface area contributed by atoms with Crippen molar-refractivity contribution in [2.24, 2.45) is 17.8 Å². The zero-order valence-electron chi connectivity index (χ0n) is 9.95. The van der Waals surface area contributed by atoms with Crippen LogP contribution in [0.1, 0.15) is 27.7 Å². The second kappa shape index (κ2) is 6.02. The smallest absolute Gasteiger partial charge is 0.308 e. The summed E-state index contributed by atoms with van der Waals surface area (Å²) in [6.45, 7) is 9.80. The first-order chi connectivity index (χ1) is 6.34. The average molecular weight is 201 g/mol. The molecule has 1 atom stereocenters. The first kappa shape index (κ1) is 13.4. The van der Waals surface area contributed by atoms with Crippen molar-refractivity contribution in [3.05, 3.63) is 0 Å². The van der Waals surface area contributed by atoms with Crippen LogP contribution >= 0.6 is 0 Å². The first-order valence-electron chi connectivity index (χ1n) is 5.26. The molecule has 0 saturated carbocycles. The lowest BCUT2D eigenvalue weighted by Gasteiger charge is -2.24. The number of hydrogen-bond acceptors (Lipinski definition) is 2. The molecule has 0 spiro atoms. The summed E-state index contributed by atoms with van der Waals surface area (Å²) < 4.78 is 0. The Kier molecular flexibility index (Phi) is 5.77. The molecule has 0 aliphatic carbocycles. The Morgan fingerprint density at radius 3 is 2.00 bits per heavy atom. The predicted octanol–water partition coefficient (Wildman–Crippen LogP) is 1.93. The molecule has 0 aromatic rings. The fourth-order valence-electron chi connectivity index (χ4n) is 1.61. The van der Waals surface area contributed by atoms with Crippen molar-refractivity contribution in [2.75, 3.05) is 20.1 Å². The summed E-state index contributed by atoms with van der Waals surface area (Å²) in [4.78, 5) is 13.0. The summed E-state index contributed by atoms with van der Waals surface area (Å²) in [6.07, 6.45) is 0. The highest BCUT2D eigenvalue weighted by Gasteiger charge is 2.22. The first-order valence-corrected chi connectivity index (χ1v) is 5.26. The van der Waals surface area contributed by atoms with Crippen molar-refractivity contribution in [3.63, 3.8) is 0 Å². The minimum Gasteiger partial charge on any atom is -0.481 e. The maximum Gasteiger partial charge on any atom is 0.308 e. The van der Waals surface area contributed by atoms with E-state index in [0.29, 0.717) is 12.5 Å². The van der Waals surface area contributed by atoms with E-state index >= 15 is 0 Å². The van der Waals surface area contributed by atoms with Crippen LogP contribution in [0, 0.1) is 17.8 Å². The highest BCUT2D eigenvalue weighted by Crippen LogP contribution is 2.13. The van der Waals surface area contributed by atoms with Crippen molar-refractivity contribution >= 4 is 5.97 Å². The maximum absolute atomic E-state index is 10.9. The molecule has 0 aromatic heterocycles. The molecule has 14 heavy (non-hydrogen) atoms. The third-order valence-corrected chi connectivity index (χ3v) is 2.31. The predicted molar refractivity (Wildman–Crippen MR) is 58.3 cm³/mol. The number of nitrogens with zero attached hydrogens (tertiary/aromatic N) is 1. The van der Waals surface area contributed by atoms with E-state index in [2.05, 4.69) is 18.7 Å². The lowest BCUT2D eigenvalue weighted by Crippen LogP contribution is -2.35. The van der Waals surface area contributed by atoms with Crippen LogP contribution in [0.5, 0.6) is 0 Å². The van der Waals surface area contributed by atoms with E-state index < -0.39 is 5.97 Å². The molecule has 1 unspecified atom stereocenters. The van der Waals surface area contributed by atoms with Crippen LogP contribution in [0.2, 0.25) is 0 Å². The number of carbonyl (C=O) groups is 1. The van der Waals surface area contributed by atoms with Gasteiger partial charge >= 0.3 is 5.97 Å². The van der Waals surface area contributed by atoms with Gasteiger partial charge in [0.05, 0.1) is 5.92 Å². The number of carboxylic acids is 1. The van der Waals surface area contributed by atoms with Crippen LogP contribution in [0.15, 0.2) is 0 Å². The highest BCUT2D eigenvalue weighted by atomic mass is 16.4. The fourth-order valence-corrected chi connectivity index (χ4v) is 1.61. The van der Waals surface area contributed by atoms with Gasteiger partial charge in [-0.05, 0) is 18.9 Å². The van der Waals surface area contributed by atoms with Crippen LogP contribution in [0.3, 0.4) is 0 Å². The fraction of sp³-hybridized carbons (Fsp3) is 0.909. The summed E-state index contributed by atoms with van der Waals surface area (Å²) in [5.41, 5.74) is 0. The number of aliphatic carboxylic acids is 1. The monoisotopic (exact) mass is 201 g/mol. The van der Waals surface area contributed by atoms with E-state index in [1.165, 1.54) is 0 Å². The van der Waals surface area contributed by atoms with Crippen molar-refractivity contribution < 1.29 is 9.90 Å². The molecule has 0 heterocycles. The molecule has 0 amide bonds. The topological polar surface area (TPSA) is 40.5 Å². The van der Waals surface area contributed by atoms with Gasteiger partial charge in [0.15, 0.2) is 0 Å². The van der Waals surface area contributed by atoms with Crippen molar-refractivity contribution in [1.29, 1.82) is 0 Å². The van der Waals surface area contributed by atoms with Gasteiger partial charge in [-0.2, -0.15) is 0 Å². The molecule has 0 rings (SSSR count). The molecular weight excluding hydrogens is 178 g/mol. The number of carboxylic acid groups (broad SMARTS) is 1. The van der Waals surface area contributed by atoms with E-state index in [1.54, 1.807) is 0 Å². The Morgan fingerprint density at radius 1 is 1.21 bits per heavy atom. The zero-order valence-corrected chi connectivity index (χ0v) is 9.95. The second-order valence-corrected chi connectivity index (χ2v) is 4.80. The summed E-state index contributed by atoms with van der Waals surface area (Å²) in [7, 11) is 1.98. The Labute approximate surface area is 87.1 Å². The molecule has 3 heteroatoms. The summed E-state index contributed by atoms with van der Waals surface area (Å²) in [5, 5.41) is 9.00. The largest absolute Gasteiger partial charge is 0.481 e. The Morgan fingerprint density at radius 2 is 1.71 bits per heavy atom. The number of rotatable bonds is 6. The summed E-state index contributed by atoms with van der Waals surface area (Å²) >= 11 is 0. The van der Waals surface area contributed by atoms with Crippen LogP contribution in [0.4, 0.5) is 0 Å².